The molecule has 1 aromatic carbocycles. The van der Waals surface area contributed by atoms with E-state index in [1.165, 1.54) is 0 Å². The maximum atomic E-state index is 14.4. The topological polar surface area (TPSA) is 103 Å². The van der Waals surface area contributed by atoms with Crippen LogP contribution in [-0.4, -0.2) is 126 Å². The third kappa shape index (κ3) is 5.90. The van der Waals surface area contributed by atoms with Crippen molar-refractivity contribution in [2.75, 3.05) is 65.6 Å². The first-order valence-corrected chi connectivity index (χ1v) is 15.9. The van der Waals surface area contributed by atoms with Crippen molar-refractivity contribution in [1.82, 2.24) is 19.6 Å². The number of unbranched alkanes of at least 4 members (excludes halogenated alkanes) is 3. The zero-order chi connectivity index (χ0) is 29.8. The van der Waals surface area contributed by atoms with Gasteiger partial charge in [-0.1, -0.05) is 67.5 Å². The number of morpholine rings is 1. The summed E-state index contributed by atoms with van der Waals surface area (Å²) < 4.78 is 12.3. The molecule has 43 heavy (non-hydrogen) atoms. The summed E-state index contributed by atoms with van der Waals surface area (Å²) in [6, 6.07) is 9.05. The van der Waals surface area contributed by atoms with Crippen LogP contribution >= 0.6 is 0 Å². The molecule has 0 bridgehead atoms. The lowest BCUT2D eigenvalue weighted by Crippen LogP contribution is -2.56. The summed E-state index contributed by atoms with van der Waals surface area (Å²) >= 11 is 0. The lowest BCUT2D eigenvalue weighted by molar-refractivity contribution is -0.148. The SMILES string of the molecule is O=C1C2N(CCCCCCO)C(=O)[C@@H]3[C@H]4C(=O)N(Cc5ccccc5)CC=C[C@H]4O[C@]23C=CCN1CCN1CCOCC1. The van der Waals surface area contributed by atoms with Gasteiger partial charge in [0.1, 0.15) is 11.6 Å². The van der Waals surface area contributed by atoms with Crippen LogP contribution in [0.25, 0.3) is 0 Å². The van der Waals surface area contributed by atoms with Crippen molar-refractivity contribution in [2.24, 2.45) is 11.8 Å². The summed E-state index contributed by atoms with van der Waals surface area (Å²) in [7, 11) is 0. The van der Waals surface area contributed by atoms with Crippen molar-refractivity contribution in [1.29, 1.82) is 0 Å². The molecule has 0 saturated carbocycles. The predicted octanol–water partition coefficient (Wildman–Crippen LogP) is 1.45. The summed E-state index contributed by atoms with van der Waals surface area (Å²) in [6.45, 7) is 6.25. The molecule has 0 aromatic heterocycles. The maximum Gasteiger partial charge on any atom is 0.249 e. The van der Waals surface area contributed by atoms with E-state index >= 15 is 0 Å². The first-order valence-electron chi connectivity index (χ1n) is 15.9. The summed E-state index contributed by atoms with van der Waals surface area (Å²) in [6.07, 6.45) is 10.3. The molecule has 0 radical (unpaired) electrons. The molecule has 232 valence electrons. The first kappa shape index (κ1) is 30.0. The quantitative estimate of drug-likeness (QED) is 0.307. The van der Waals surface area contributed by atoms with Gasteiger partial charge in [0.05, 0.1) is 31.2 Å². The van der Waals surface area contributed by atoms with E-state index in [1.54, 1.807) is 9.80 Å². The van der Waals surface area contributed by atoms with E-state index in [0.717, 1.165) is 44.5 Å². The Bertz CT molecular complexity index is 1220. The minimum Gasteiger partial charge on any atom is -0.396 e. The van der Waals surface area contributed by atoms with Crippen molar-refractivity contribution >= 4 is 17.7 Å². The van der Waals surface area contributed by atoms with E-state index < -0.39 is 29.6 Å². The zero-order valence-electron chi connectivity index (χ0n) is 24.9. The Hall–Kier alpha value is -3.05. The molecule has 3 amide bonds. The van der Waals surface area contributed by atoms with Gasteiger partial charge in [-0.2, -0.15) is 0 Å². The van der Waals surface area contributed by atoms with Gasteiger partial charge in [-0.3, -0.25) is 19.3 Å². The highest BCUT2D eigenvalue weighted by molar-refractivity contribution is 5.99. The Morgan fingerprint density at radius 1 is 0.837 bits per heavy atom. The number of benzene rings is 1. The van der Waals surface area contributed by atoms with Crippen LogP contribution in [0.15, 0.2) is 54.6 Å². The number of carbonyl (C=O) groups excluding carboxylic acids is 3. The first-order chi connectivity index (χ1) is 21.0. The molecule has 1 spiro atoms. The number of carbonyl (C=O) groups is 3. The monoisotopic (exact) mass is 592 g/mol. The summed E-state index contributed by atoms with van der Waals surface area (Å²) in [4.78, 5) is 50.7. The Morgan fingerprint density at radius 3 is 2.40 bits per heavy atom. The standard InChI is InChI=1S/C33H44N4O6/c38-21-7-2-1-6-16-37-29-32(41)35(18-17-34-19-22-42-23-20-34)15-9-13-33(29)28(31(37)40)27-26(43-33)12-8-14-36(30(27)39)24-25-10-4-3-5-11-25/h3-5,8-13,26-29,38H,1-2,6-7,14-24H2/t26-,27+,28+,29?,33+/m1/s1. The second-order valence-corrected chi connectivity index (χ2v) is 12.3. The Balaban J connectivity index is 1.28. The number of rotatable bonds is 11. The number of hydrogen-bond donors (Lipinski definition) is 1. The molecule has 6 rings (SSSR count). The average Bonchev–Trinajstić information content (AvgIpc) is 3.34. The van der Waals surface area contributed by atoms with Crippen LogP contribution in [0.5, 0.6) is 0 Å². The van der Waals surface area contributed by atoms with Gasteiger partial charge in [-0.15, -0.1) is 0 Å². The molecular weight excluding hydrogens is 548 g/mol. The van der Waals surface area contributed by atoms with Gasteiger partial charge in [-0.25, -0.2) is 0 Å². The minimum atomic E-state index is -1.20. The fourth-order valence-electron chi connectivity index (χ4n) is 7.46. The van der Waals surface area contributed by atoms with E-state index in [4.69, 9.17) is 9.47 Å². The van der Waals surface area contributed by atoms with Crippen LogP contribution in [0.4, 0.5) is 0 Å². The van der Waals surface area contributed by atoms with Gasteiger partial charge >= 0.3 is 0 Å². The summed E-state index contributed by atoms with van der Waals surface area (Å²) in [5, 5.41) is 9.20. The molecule has 1 unspecified atom stereocenters. The molecule has 5 atom stereocenters. The van der Waals surface area contributed by atoms with E-state index in [-0.39, 0.29) is 24.3 Å². The van der Waals surface area contributed by atoms with Gasteiger partial charge < -0.3 is 29.3 Å². The Labute approximate surface area is 253 Å². The maximum absolute atomic E-state index is 14.4. The van der Waals surface area contributed by atoms with Crippen LogP contribution < -0.4 is 0 Å². The fraction of sp³-hybridized carbons (Fsp3) is 0.606. The molecule has 0 aliphatic carbocycles. The van der Waals surface area contributed by atoms with Crippen molar-refractivity contribution in [2.45, 2.75) is 50.0 Å². The highest BCUT2D eigenvalue weighted by Gasteiger charge is 2.71. The number of aliphatic hydroxyl groups is 1. The second-order valence-electron chi connectivity index (χ2n) is 12.3. The highest BCUT2D eigenvalue weighted by atomic mass is 16.5. The highest BCUT2D eigenvalue weighted by Crippen LogP contribution is 2.53. The molecule has 1 aromatic rings. The third-order valence-corrected chi connectivity index (χ3v) is 9.64. The minimum absolute atomic E-state index is 0.105. The molecule has 3 fully saturated rings. The van der Waals surface area contributed by atoms with E-state index in [0.29, 0.717) is 52.4 Å². The number of aliphatic hydroxyl groups excluding tert-OH is 1. The number of amides is 3. The smallest absolute Gasteiger partial charge is 0.249 e. The molecular formula is C33H44N4O6. The van der Waals surface area contributed by atoms with Crippen LogP contribution in [-0.2, 0) is 30.4 Å². The fourth-order valence-corrected chi connectivity index (χ4v) is 7.46. The van der Waals surface area contributed by atoms with Crippen LogP contribution in [0.2, 0.25) is 0 Å². The van der Waals surface area contributed by atoms with Crippen molar-refractivity contribution in [3.63, 3.8) is 0 Å². The summed E-state index contributed by atoms with van der Waals surface area (Å²) in [5.74, 6) is -1.86. The van der Waals surface area contributed by atoms with Crippen molar-refractivity contribution in [3.8, 4) is 0 Å². The Kier molecular flexibility index (Phi) is 9.28. The lowest BCUT2D eigenvalue weighted by Gasteiger charge is -2.36. The van der Waals surface area contributed by atoms with Crippen molar-refractivity contribution < 1.29 is 29.0 Å². The molecule has 5 heterocycles. The molecule has 10 heteroatoms. The number of nitrogens with zero attached hydrogens (tertiary/aromatic N) is 4. The number of likely N-dealkylation sites (tertiary alicyclic amines) is 1. The second kappa shape index (κ2) is 13.3. The van der Waals surface area contributed by atoms with Crippen molar-refractivity contribution in [3.05, 3.63) is 60.2 Å². The zero-order valence-corrected chi connectivity index (χ0v) is 24.9. The molecule has 10 nitrogen and oxygen atoms in total. The average molecular weight is 593 g/mol. The van der Waals surface area contributed by atoms with E-state index in [2.05, 4.69) is 4.90 Å². The lowest BCUT2D eigenvalue weighted by atomic mass is 9.77. The van der Waals surface area contributed by atoms with E-state index in [9.17, 15) is 19.5 Å². The van der Waals surface area contributed by atoms with Crippen LogP contribution in [0.1, 0.15) is 31.2 Å². The summed E-state index contributed by atoms with van der Waals surface area (Å²) in [5.41, 5.74) is -0.171. The van der Waals surface area contributed by atoms with Crippen LogP contribution in [0.3, 0.4) is 0 Å². The molecule has 1 N–H and O–H groups in total. The van der Waals surface area contributed by atoms with Gasteiger partial charge in [0.15, 0.2) is 0 Å². The van der Waals surface area contributed by atoms with Crippen LogP contribution in [0, 0.1) is 11.8 Å². The predicted molar refractivity (Wildman–Crippen MR) is 160 cm³/mol. The Morgan fingerprint density at radius 2 is 1.60 bits per heavy atom. The molecule has 5 aliphatic rings. The van der Waals surface area contributed by atoms with Gasteiger partial charge in [-0.05, 0) is 18.4 Å². The van der Waals surface area contributed by atoms with Gasteiger partial charge in [0.25, 0.3) is 0 Å². The molecule has 3 saturated heterocycles. The van der Waals surface area contributed by atoms with E-state index in [1.807, 2.05) is 59.5 Å². The largest absolute Gasteiger partial charge is 0.396 e. The normalized spacial score (nSPS) is 30.8. The van der Waals surface area contributed by atoms with Gasteiger partial charge in [0, 0.05) is 59.0 Å². The van der Waals surface area contributed by atoms with Gasteiger partial charge in [0.2, 0.25) is 17.7 Å². The number of ether oxygens (including phenoxy) is 2. The third-order valence-electron chi connectivity index (χ3n) is 9.64. The number of hydrogen-bond acceptors (Lipinski definition) is 7. The molecule has 5 aliphatic heterocycles. The number of fused-ring (bicyclic) bond motifs is 2.